The first kappa shape index (κ1) is 13.0. The lowest BCUT2D eigenvalue weighted by Crippen LogP contribution is -2.33. The lowest BCUT2D eigenvalue weighted by atomic mass is 10.2. The molecule has 1 N–H and O–H groups in total. The third kappa shape index (κ3) is 2.38. The molecular weight excluding hydrogens is 250 g/mol. The quantitative estimate of drug-likeness (QED) is 0.865. The summed E-state index contributed by atoms with van der Waals surface area (Å²) in [4.78, 5) is 0.248. The molecule has 0 bridgehead atoms. The molecule has 1 aliphatic heterocycles. The van der Waals surface area contributed by atoms with Gasteiger partial charge in [-0.15, -0.1) is 0 Å². The second-order valence-electron chi connectivity index (χ2n) is 4.27. The van der Waals surface area contributed by atoms with Crippen LogP contribution < -0.4 is 5.32 Å². The Morgan fingerprint density at radius 1 is 1.39 bits per heavy atom. The summed E-state index contributed by atoms with van der Waals surface area (Å²) in [5.74, 6) is 0. The fraction of sp³-hybridized carbons (Fsp3) is 0.417. The topological polar surface area (TPSA) is 73.2 Å². The number of nitrogens with zero attached hydrogens (tertiary/aromatic N) is 2. The van der Waals surface area contributed by atoms with E-state index in [0.717, 1.165) is 6.42 Å². The molecule has 18 heavy (non-hydrogen) atoms. The molecule has 1 heterocycles. The van der Waals surface area contributed by atoms with Crippen molar-refractivity contribution < 1.29 is 8.42 Å². The third-order valence-corrected chi connectivity index (χ3v) is 5.06. The van der Waals surface area contributed by atoms with Crippen molar-refractivity contribution in [1.82, 2.24) is 9.62 Å². The van der Waals surface area contributed by atoms with E-state index in [1.807, 2.05) is 13.1 Å². The minimum absolute atomic E-state index is 0.221. The van der Waals surface area contributed by atoms with Gasteiger partial charge in [-0.05, 0) is 37.7 Å². The molecule has 1 aliphatic rings. The Hall–Kier alpha value is -1.42. The zero-order chi connectivity index (χ0) is 13.2. The van der Waals surface area contributed by atoms with Gasteiger partial charge in [-0.3, -0.25) is 0 Å². The van der Waals surface area contributed by atoms with Gasteiger partial charge >= 0.3 is 0 Å². The van der Waals surface area contributed by atoms with Crippen molar-refractivity contribution >= 4 is 10.0 Å². The highest BCUT2D eigenvalue weighted by Gasteiger charge is 2.31. The maximum Gasteiger partial charge on any atom is 0.243 e. The molecule has 5 nitrogen and oxygen atoms in total. The summed E-state index contributed by atoms with van der Waals surface area (Å²) >= 11 is 0. The number of nitriles is 1. The average molecular weight is 265 g/mol. The van der Waals surface area contributed by atoms with E-state index < -0.39 is 10.0 Å². The lowest BCUT2D eigenvalue weighted by Gasteiger charge is -2.16. The van der Waals surface area contributed by atoms with Crippen LogP contribution in [0.15, 0.2) is 29.2 Å². The molecular formula is C12H15N3O2S. The molecule has 1 atom stereocenters. The average Bonchev–Trinajstić information content (AvgIpc) is 2.88. The molecule has 6 heteroatoms. The highest BCUT2D eigenvalue weighted by molar-refractivity contribution is 7.89. The maximum absolute atomic E-state index is 12.3. The zero-order valence-electron chi connectivity index (χ0n) is 10.1. The Kier molecular flexibility index (Phi) is 3.66. The zero-order valence-corrected chi connectivity index (χ0v) is 10.9. The predicted octanol–water partition coefficient (Wildman–Crippen LogP) is 0.541. The van der Waals surface area contributed by atoms with E-state index in [2.05, 4.69) is 5.32 Å². The highest BCUT2D eigenvalue weighted by atomic mass is 32.2. The number of hydrogen-bond donors (Lipinski definition) is 1. The summed E-state index contributed by atoms with van der Waals surface area (Å²) in [6, 6.07) is 8.22. The van der Waals surface area contributed by atoms with Crippen molar-refractivity contribution in [2.45, 2.75) is 17.4 Å². The van der Waals surface area contributed by atoms with Gasteiger partial charge in [-0.25, -0.2) is 8.42 Å². The van der Waals surface area contributed by atoms with Gasteiger partial charge < -0.3 is 5.32 Å². The van der Waals surface area contributed by atoms with Crippen molar-refractivity contribution in [3.63, 3.8) is 0 Å². The van der Waals surface area contributed by atoms with Gasteiger partial charge in [-0.1, -0.05) is 0 Å². The summed E-state index contributed by atoms with van der Waals surface area (Å²) in [5, 5.41) is 11.8. The first-order chi connectivity index (χ1) is 8.57. The van der Waals surface area contributed by atoms with E-state index in [1.54, 1.807) is 0 Å². The number of benzene rings is 1. The molecule has 0 saturated carbocycles. The van der Waals surface area contributed by atoms with Crippen LogP contribution in [0.25, 0.3) is 0 Å². The normalized spacial score (nSPS) is 20.8. The molecule has 0 amide bonds. The largest absolute Gasteiger partial charge is 0.316 e. The van der Waals surface area contributed by atoms with Crippen LogP contribution in [0.3, 0.4) is 0 Å². The minimum atomic E-state index is -3.42. The fourth-order valence-corrected chi connectivity index (χ4v) is 3.53. The molecule has 1 aromatic rings. The van der Waals surface area contributed by atoms with Gasteiger partial charge in [0.25, 0.3) is 0 Å². The molecule has 0 radical (unpaired) electrons. The number of hydrogen-bond acceptors (Lipinski definition) is 4. The van der Waals surface area contributed by atoms with Crippen molar-refractivity contribution in [1.29, 1.82) is 5.26 Å². The van der Waals surface area contributed by atoms with Crippen molar-refractivity contribution in [3.05, 3.63) is 29.8 Å². The third-order valence-electron chi connectivity index (χ3n) is 3.18. The Morgan fingerprint density at radius 2 is 2.06 bits per heavy atom. The maximum atomic E-state index is 12.3. The first-order valence-electron chi connectivity index (χ1n) is 5.75. The lowest BCUT2D eigenvalue weighted by molar-refractivity contribution is 0.464. The number of sulfonamides is 1. The molecule has 0 aliphatic carbocycles. The summed E-state index contributed by atoms with van der Waals surface area (Å²) in [6.45, 7) is 1.03. The van der Waals surface area contributed by atoms with Gasteiger partial charge in [-0.2, -0.15) is 9.57 Å². The van der Waals surface area contributed by atoms with Crippen LogP contribution in [-0.2, 0) is 10.0 Å². The van der Waals surface area contributed by atoms with Crippen LogP contribution >= 0.6 is 0 Å². The number of likely N-dealkylation sites (N-methyl/N-ethyl adjacent to an activating group) is 1. The molecule has 96 valence electrons. The van der Waals surface area contributed by atoms with E-state index in [4.69, 9.17) is 5.26 Å². The smallest absolute Gasteiger partial charge is 0.243 e. The molecule has 1 saturated heterocycles. The molecule has 0 spiro atoms. The number of nitrogens with one attached hydrogen (secondary N) is 1. The van der Waals surface area contributed by atoms with E-state index in [1.165, 1.54) is 28.6 Å². The van der Waals surface area contributed by atoms with Crippen LogP contribution in [-0.4, -0.2) is 38.9 Å². The Morgan fingerprint density at radius 3 is 2.56 bits per heavy atom. The van der Waals surface area contributed by atoms with Gasteiger partial charge in [0.2, 0.25) is 10.0 Å². The standard InChI is InChI=1S/C12H15N3O2S/c1-14-11-6-7-15(9-11)18(16,17)12-4-2-10(8-13)3-5-12/h2-5,11,14H,6-7,9H2,1H3. The monoisotopic (exact) mass is 265 g/mol. The Balaban J connectivity index is 2.23. The molecule has 1 aromatic carbocycles. The van der Waals surface area contributed by atoms with Crippen LogP contribution in [0.5, 0.6) is 0 Å². The van der Waals surface area contributed by atoms with E-state index in [-0.39, 0.29) is 10.9 Å². The van der Waals surface area contributed by atoms with Crippen LogP contribution in [0.4, 0.5) is 0 Å². The van der Waals surface area contributed by atoms with Crippen LogP contribution in [0.2, 0.25) is 0 Å². The van der Waals surface area contributed by atoms with Gasteiger partial charge in [0.05, 0.1) is 16.5 Å². The SMILES string of the molecule is CNC1CCN(S(=O)(=O)c2ccc(C#N)cc2)C1. The van der Waals surface area contributed by atoms with E-state index in [9.17, 15) is 8.42 Å². The van der Waals surface area contributed by atoms with Gasteiger partial charge in [0, 0.05) is 19.1 Å². The highest BCUT2D eigenvalue weighted by Crippen LogP contribution is 2.21. The second kappa shape index (κ2) is 5.06. The number of rotatable bonds is 3. The molecule has 1 unspecified atom stereocenters. The summed E-state index contributed by atoms with van der Waals surface area (Å²) in [7, 11) is -1.59. The van der Waals surface area contributed by atoms with Crippen molar-refractivity contribution in [3.8, 4) is 6.07 Å². The Labute approximate surface area is 107 Å². The molecule has 1 fully saturated rings. The summed E-state index contributed by atoms with van der Waals surface area (Å²) in [6.07, 6.45) is 0.825. The molecule has 0 aromatic heterocycles. The predicted molar refractivity (Wildman–Crippen MR) is 67.4 cm³/mol. The van der Waals surface area contributed by atoms with Crippen LogP contribution in [0, 0.1) is 11.3 Å². The van der Waals surface area contributed by atoms with E-state index >= 15 is 0 Å². The second-order valence-corrected chi connectivity index (χ2v) is 6.21. The van der Waals surface area contributed by atoms with Gasteiger partial charge in [0.15, 0.2) is 0 Å². The fourth-order valence-electron chi connectivity index (χ4n) is 2.03. The van der Waals surface area contributed by atoms with Gasteiger partial charge in [0.1, 0.15) is 0 Å². The van der Waals surface area contributed by atoms with Crippen molar-refractivity contribution in [2.24, 2.45) is 0 Å². The minimum Gasteiger partial charge on any atom is -0.316 e. The summed E-state index contributed by atoms with van der Waals surface area (Å²) < 4.78 is 26.1. The first-order valence-corrected chi connectivity index (χ1v) is 7.19. The summed E-state index contributed by atoms with van der Waals surface area (Å²) in [5.41, 5.74) is 0.462. The molecule has 2 rings (SSSR count). The van der Waals surface area contributed by atoms with Crippen molar-refractivity contribution in [2.75, 3.05) is 20.1 Å². The van der Waals surface area contributed by atoms with E-state index in [0.29, 0.717) is 18.7 Å². The Bertz CT molecular complexity index is 560. The van der Waals surface area contributed by atoms with Crippen LogP contribution in [0.1, 0.15) is 12.0 Å².